The van der Waals surface area contributed by atoms with Crippen LogP contribution < -0.4 is 11.3 Å². The topological polar surface area (TPSA) is 71.2 Å². The van der Waals surface area contributed by atoms with Gasteiger partial charge in [-0.15, -0.1) is 0 Å². The maximum atomic E-state index is 8.59. The minimum atomic E-state index is 0.255. The highest BCUT2D eigenvalue weighted by Crippen LogP contribution is 2.12. The molecular formula is C9H15N3OS. The monoisotopic (exact) mass is 213 g/mol. The Bertz CT molecular complexity index is 270. The van der Waals surface area contributed by atoms with Gasteiger partial charge in [0.15, 0.2) is 0 Å². The number of hydrogen-bond donors (Lipinski definition) is 3. The van der Waals surface area contributed by atoms with Crippen LogP contribution >= 0.6 is 11.8 Å². The first-order chi connectivity index (χ1) is 6.86. The fraction of sp³-hybridized carbons (Fsp3) is 0.444. The lowest BCUT2D eigenvalue weighted by Crippen LogP contribution is -2.08. The molecule has 0 unspecified atom stereocenters. The van der Waals surface area contributed by atoms with Crippen molar-refractivity contribution in [2.24, 2.45) is 5.84 Å². The van der Waals surface area contributed by atoms with Crippen molar-refractivity contribution in [3.05, 3.63) is 23.9 Å². The third-order valence-corrected chi connectivity index (χ3v) is 2.73. The molecule has 0 saturated heterocycles. The Hall–Kier alpha value is -0.780. The normalized spacial score (nSPS) is 10.1. The van der Waals surface area contributed by atoms with Gasteiger partial charge in [0.25, 0.3) is 0 Å². The number of aromatic nitrogens is 1. The van der Waals surface area contributed by atoms with E-state index in [4.69, 9.17) is 10.9 Å². The highest BCUT2D eigenvalue weighted by Gasteiger charge is 1.96. The summed E-state index contributed by atoms with van der Waals surface area (Å²) in [6.45, 7) is 0.255. The molecule has 0 amide bonds. The molecule has 1 heterocycles. The van der Waals surface area contributed by atoms with E-state index in [1.165, 1.54) is 0 Å². The lowest BCUT2D eigenvalue weighted by Gasteiger charge is -2.03. The summed E-state index contributed by atoms with van der Waals surface area (Å²) < 4.78 is 0. The van der Waals surface area contributed by atoms with Gasteiger partial charge in [0, 0.05) is 12.4 Å². The summed E-state index contributed by atoms with van der Waals surface area (Å²) in [6.07, 6.45) is 0.833. The Morgan fingerprint density at radius 1 is 1.50 bits per heavy atom. The van der Waals surface area contributed by atoms with E-state index in [1.54, 1.807) is 11.8 Å². The van der Waals surface area contributed by atoms with E-state index in [0.29, 0.717) is 5.82 Å². The smallest absolute Gasteiger partial charge is 0.140 e. The number of nitrogens with zero attached hydrogens (tertiary/aromatic N) is 1. The van der Waals surface area contributed by atoms with Crippen molar-refractivity contribution in [2.45, 2.75) is 12.2 Å². The van der Waals surface area contributed by atoms with E-state index in [0.717, 1.165) is 23.6 Å². The van der Waals surface area contributed by atoms with Gasteiger partial charge < -0.3 is 10.5 Å². The van der Waals surface area contributed by atoms with E-state index in [2.05, 4.69) is 10.4 Å². The first-order valence-electron chi connectivity index (χ1n) is 4.48. The molecule has 1 rings (SSSR count). The van der Waals surface area contributed by atoms with Gasteiger partial charge in [0.2, 0.25) is 0 Å². The van der Waals surface area contributed by atoms with Crippen molar-refractivity contribution in [1.29, 1.82) is 0 Å². The largest absolute Gasteiger partial charge is 0.396 e. The molecule has 5 heteroatoms. The maximum absolute atomic E-state index is 8.59. The van der Waals surface area contributed by atoms with Gasteiger partial charge >= 0.3 is 0 Å². The SMILES string of the molecule is NNc1cccc(CSCCCO)n1. The van der Waals surface area contributed by atoms with Crippen LogP contribution in [0.3, 0.4) is 0 Å². The van der Waals surface area contributed by atoms with Crippen LogP contribution in [0.1, 0.15) is 12.1 Å². The number of anilines is 1. The van der Waals surface area contributed by atoms with Crippen molar-refractivity contribution in [1.82, 2.24) is 4.98 Å². The van der Waals surface area contributed by atoms with E-state index in [9.17, 15) is 0 Å². The molecule has 4 N–H and O–H groups in total. The third kappa shape index (κ3) is 3.95. The van der Waals surface area contributed by atoms with Gasteiger partial charge in [-0.25, -0.2) is 10.8 Å². The summed E-state index contributed by atoms with van der Waals surface area (Å²) in [4.78, 5) is 4.27. The summed E-state index contributed by atoms with van der Waals surface area (Å²) in [5.41, 5.74) is 3.51. The van der Waals surface area contributed by atoms with Crippen LogP contribution in [0.4, 0.5) is 5.82 Å². The molecule has 0 saturated carbocycles. The zero-order valence-corrected chi connectivity index (χ0v) is 8.76. The summed E-state index contributed by atoms with van der Waals surface area (Å²) in [5, 5.41) is 8.59. The average molecular weight is 213 g/mol. The van der Waals surface area contributed by atoms with Gasteiger partial charge in [-0.2, -0.15) is 11.8 Å². The number of nitrogens with two attached hydrogens (primary N) is 1. The predicted octanol–water partition coefficient (Wildman–Crippen LogP) is 0.983. The van der Waals surface area contributed by atoms with Crippen LogP contribution in [0.25, 0.3) is 0 Å². The number of nitrogens with one attached hydrogen (secondary N) is 1. The fourth-order valence-electron chi connectivity index (χ4n) is 0.984. The van der Waals surface area contributed by atoms with Crippen LogP contribution in [0.5, 0.6) is 0 Å². The molecule has 0 fully saturated rings. The molecule has 0 atom stereocenters. The Morgan fingerprint density at radius 3 is 3.07 bits per heavy atom. The molecule has 0 bridgehead atoms. The number of hydrogen-bond acceptors (Lipinski definition) is 5. The molecule has 1 aromatic heterocycles. The minimum absolute atomic E-state index is 0.255. The minimum Gasteiger partial charge on any atom is -0.396 e. The zero-order valence-electron chi connectivity index (χ0n) is 7.94. The predicted molar refractivity (Wildman–Crippen MR) is 59.9 cm³/mol. The maximum Gasteiger partial charge on any atom is 0.140 e. The molecule has 0 aliphatic carbocycles. The van der Waals surface area contributed by atoms with E-state index in [-0.39, 0.29) is 6.61 Å². The second-order valence-corrected chi connectivity index (χ2v) is 3.89. The quantitative estimate of drug-likeness (QED) is 0.373. The molecular weight excluding hydrogens is 198 g/mol. The molecule has 0 spiro atoms. The van der Waals surface area contributed by atoms with Crippen LogP contribution in [0.2, 0.25) is 0 Å². The van der Waals surface area contributed by atoms with E-state index in [1.807, 2.05) is 18.2 Å². The number of nitrogen functional groups attached to an aromatic ring is 1. The summed E-state index contributed by atoms with van der Waals surface area (Å²) in [5.74, 6) is 7.74. The van der Waals surface area contributed by atoms with E-state index >= 15 is 0 Å². The highest BCUT2D eigenvalue weighted by molar-refractivity contribution is 7.98. The number of aliphatic hydroxyl groups excluding tert-OH is 1. The highest BCUT2D eigenvalue weighted by atomic mass is 32.2. The standard InChI is InChI=1S/C9H15N3OS/c10-12-9-4-1-3-8(11-9)7-14-6-2-5-13/h1,3-4,13H,2,5-7,10H2,(H,11,12). The molecule has 0 radical (unpaired) electrons. The molecule has 0 aromatic carbocycles. The molecule has 1 aromatic rings. The molecule has 0 aliphatic rings. The molecule has 14 heavy (non-hydrogen) atoms. The Balaban J connectivity index is 2.34. The van der Waals surface area contributed by atoms with Gasteiger partial charge in [-0.3, -0.25) is 0 Å². The van der Waals surface area contributed by atoms with Gasteiger partial charge in [0.05, 0.1) is 5.69 Å². The lowest BCUT2D eigenvalue weighted by molar-refractivity contribution is 0.296. The van der Waals surface area contributed by atoms with Crippen molar-refractivity contribution in [2.75, 3.05) is 17.8 Å². The molecule has 0 aliphatic heterocycles. The van der Waals surface area contributed by atoms with E-state index < -0.39 is 0 Å². The van der Waals surface area contributed by atoms with Gasteiger partial charge in [-0.1, -0.05) is 6.07 Å². The fourth-order valence-corrected chi connectivity index (χ4v) is 1.83. The van der Waals surface area contributed by atoms with Crippen molar-refractivity contribution < 1.29 is 5.11 Å². The van der Waals surface area contributed by atoms with Crippen LogP contribution in [0.15, 0.2) is 18.2 Å². The van der Waals surface area contributed by atoms with Gasteiger partial charge in [-0.05, 0) is 24.3 Å². The Morgan fingerprint density at radius 2 is 2.36 bits per heavy atom. The molecule has 78 valence electrons. The Labute approximate surface area is 87.9 Å². The first-order valence-corrected chi connectivity index (χ1v) is 5.63. The van der Waals surface area contributed by atoms with Crippen molar-refractivity contribution in [3.8, 4) is 0 Å². The number of aliphatic hydroxyl groups is 1. The summed E-state index contributed by atoms with van der Waals surface area (Å²) >= 11 is 1.76. The van der Waals surface area contributed by atoms with Crippen molar-refractivity contribution >= 4 is 17.6 Å². The third-order valence-electron chi connectivity index (χ3n) is 1.65. The number of thioether (sulfide) groups is 1. The van der Waals surface area contributed by atoms with Crippen LogP contribution in [-0.4, -0.2) is 22.5 Å². The average Bonchev–Trinajstić information content (AvgIpc) is 2.25. The molecule has 4 nitrogen and oxygen atoms in total. The first kappa shape index (κ1) is 11.3. The second-order valence-electron chi connectivity index (χ2n) is 2.79. The second kappa shape index (κ2) is 6.64. The van der Waals surface area contributed by atoms with Crippen LogP contribution in [-0.2, 0) is 5.75 Å². The van der Waals surface area contributed by atoms with Gasteiger partial charge in [0.1, 0.15) is 5.82 Å². The summed E-state index contributed by atoms with van der Waals surface area (Å²) in [7, 11) is 0. The van der Waals surface area contributed by atoms with Crippen LogP contribution in [0, 0.1) is 0 Å². The Kier molecular flexibility index (Phi) is 5.36. The summed E-state index contributed by atoms with van der Waals surface area (Å²) in [6, 6.07) is 5.71. The number of rotatable bonds is 6. The number of pyridine rings is 1. The lowest BCUT2D eigenvalue weighted by atomic mass is 10.4. The number of hydrazine groups is 1. The zero-order chi connectivity index (χ0) is 10.2. The van der Waals surface area contributed by atoms with Crippen molar-refractivity contribution in [3.63, 3.8) is 0 Å².